The van der Waals surface area contributed by atoms with Gasteiger partial charge < -0.3 is 20.3 Å². The third-order valence-electron chi connectivity index (χ3n) is 6.25. The Morgan fingerprint density at radius 1 is 0.946 bits per heavy atom. The number of ether oxygens (including phenoxy) is 1. The number of likely N-dealkylation sites (tertiary alicyclic amines) is 1. The third-order valence-corrected chi connectivity index (χ3v) is 7.13. The highest BCUT2D eigenvalue weighted by Gasteiger charge is 2.20. The predicted octanol–water partition coefficient (Wildman–Crippen LogP) is 6.09. The van der Waals surface area contributed by atoms with Gasteiger partial charge in [0.2, 0.25) is 0 Å². The second-order valence-corrected chi connectivity index (χ2v) is 9.50. The van der Waals surface area contributed by atoms with Crippen molar-refractivity contribution in [2.45, 2.75) is 23.7 Å². The van der Waals surface area contributed by atoms with Gasteiger partial charge in [-0.1, -0.05) is 40.8 Å². The summed E-state index contributed by atoms with van der Waals surface area (Å²) in [6.45, 7) is 1.54. The van der Waals surface area contributed by atoms with Gasteiger partial charge in [0, 0.05) is 28.8 Å². The van der Waals surface area contributed by atoms with E-state index in [1.54, 1.807) is 18.2 Å². The lowest BCUT2D eigenvalue weighted by atomic mass is 10.1. The first-order chi connectivity index (χ1) is 17.9. The van der Waals surface area contributed by atoms with Gasteiger partial charge in [0.05, 0.1) is 23.9 Å². The van der Waals surface area contributed by atoms with Crippen LogP contribution in [0.2, 0.25) is 0 Å². The van der Waals surface area contributed by atoms with Crippen molar-refractivity contribution in [3.63, 3.8) is 0 Å². The van der Waals surface area contributed by atoms with E-state index in [4.69, 9.17) is 10.1 Å². The van der Waals surface area contributed by atoms with Crippen LogP contribution in [0, 0.1) is 11.2 Å². The summed E-state index contributed by atoms with van der Waals surface area (Å²) in [5.74, 6) is -1.17. The molecule has 0 spiro atoms. The smallest absolute Gasteiger partial charge is 0.258 e. The Labute approximate surface area is 229 Å². The van der Waals surface area contributed by atoms with Crippen molar-refractivity contribution in [2.75, 3.05) is 30.8 Å². The van der Waals surface area contributed by atoms with Gasteiger partial charge in [0.1, 0.15) is 17.4 Å². The van der Waals surface area contributed by atoms with E-state index in [1.165, 1.54) is 25.3 Å². The first-order valence-electron chi connectivity index (χ1n) is 12.0. The molecular formula is C28H28FIN4O3. The van der Waals surface area contributed by atoms with Crippen molar-refractivity contribution in [1.29, 1.82) is 5.41 Å². The molecule has 37 heavy (non-hydrogen) atoms. The fourth-order valence-corrected chi connectivity index (χ4v) is 4.67. The number of benzene rings is 3. The Morgan fingerprint density at radius 2 is 1.65 bits per heavy atom. The van der Waals surface area contributed by atoms with Gasteiger partial charge in [-0.25, -0.2) is 4.39 Å². The quantitative estimate of drug-likeness (QED) is 0.130. The zero-order chi connectivity index (χ0) is 26.4. The molecule has 1 fully saturated rings. The van der Waals surface area contributed by atoms with E-state index < -0.39 is 17.6 Å². The number of alkyl halides is 1. The van der Waals surface area contributed by atoms with Crippen LogP contribution in [0.3, 0.4) is 0 Å². The molecule has 1 aliphatic heterocycles. The number of anilines is 2. The highest BCUT2D eigenvalue weighted by Crippen LogP contribution is 2.25. The normalized spacial score (nSPS) is 13.1. The lowest BCUT2D eigenvalue weighted by Crippen LogP contribution is -2.35. The first kappa shape index (κ1) is 26.6. The van der Waals surface area contributed by atoms with Crippen LogP contribution in [0.25, 0.3) is 0 Å². The molecular weight excluding hydrogens is 586 g/mol. The molecule has 0 aromatic heterocycles. The maximum Gasteiger partial charge on any atom is 0.258 e. The molecule has 1 aliphatic rings. The highest BCUT2D eigenvalue weighted by atomic mass is 127. The van der Waals surface area contributed by atoms with Crippen molar-refractivity contribution in [3.05, 3.63) is 88.7 Å². The molecule has 0 aliphatic carbocycles. The van der Waals surface area contributed by atoms with Crippen LogP contribution in [0.15, 0.2) is 60.7 Å². The van der Waals surface area contributed by atoms with Crippen molar-refractivity contribution >= 4 is 51.6 Å². The van der Waals surface area contributed by atoms with E-state index in [0.717, 1.165) is 42.3 Å². The third kappa shape index (κ3) is 6.46. The Kier molecular flexibility index (Phi) is 8.75. The van der Waals surface area contributed by atoms with E-state index in [1.807, 2.05) is 29.2 Å². The van der Waals surface area contributed by atoms with Gasteiger partial charge in [0.25, 0.3) is 11.8 Å². The number of carbonyl (C=O) groups is 2. The molecule has 7 nitrogen and oxygen atoms in total. The summed E-state index contributed by atoms with van der Waals surface area (Å²) >= 11 is 2.26. The van der Waals surface area contributed by atoms with Crippen LogP contribution in [0.4, 0.5) is 15.8 Å². The topological polar surface area (TPSA) is 94.5 Å². The van der Waals surface area contributed by atoms with Gasteiger partial charge in [-0.05, 0) is 67.3 Å². The Bertz CT molecular complexity index is 1310. The number of halogens is 2. The molecule has 9 heteroatoms. The number of nitrogens with zero attached hydrogens (tertiary/aromatic N) is 1. The SMILES string of the molecule is COc1ccc(NC(=O)c2ccc(C(=N)N3CCCCC3)cc2F)c(C(=O)Nc2ccc(CI)cc2)c1. The number of methoxy groups -OCH3 is 1. The van der Waals surface area contributed by atoms with E-state index in [0.29, 0.717) is 17.0 Å². The molecule has 1 saturated heterocycles. The molecule has 0 bridgehead atoms. The van der Waals surface area contributed by atoms with Gasteiger partial charge >= 0.3 is 0 Å². The summed E-state index contributed by atoms with van der Waals surface area (Å²) in [7, 11) is 1.48. The lowest BCUT2D eigenvalue weighted by molar-refractivity contribution is 0.102. The number of carbonyl (C=O) groups excluding carboxylic acids is 2. The maximum atomic E-state index is 15.0. The number of rotatable bonds is 7. The zero-order valence-electron chi connectivity index (χ0n) is 20.4. The van der Waals surface area contributed by atoms with Gasteiger partial charge in [-0.2, -0.15) is 0 Å². The number of nitrogens with one attached hydrogen (secondary N) is 3. The molecule has 192 valence electrons. The van der Waals surface area contributed by atoms with E-state index >= 15 is 0 Å². The Hall–Kier alpha value is -3.47. The standard InChI is InChI=1S/C28H28FIN4O3/c1-37-21-10-12-25(23(16-21)28(36)32-20-8-5-18(17-30)6-9-20)33-27(35)22-11-7-19(15-24(22)29)26(31)34-13-3-2-4-14-34/h5-12,15-16,31H,2-4,13-14,17H2,1H3,(H,32,36)(H,33,35). The molecule has 0 radical (unpaired) electrons. The minimum Gasteiger partial charge on any atom is -0.497 e. The maximum absolute atomic E-state index is 15.0. The first-order valence-corrected chi connectivity index (χ1v) is 13.5. The van der Waals surface area contributed by atoms with E-state index in [-0.39, 0.29) is 22.6 Å². The van der Waals surface area contributed by atoms with Crippen LogP contribution >= 0.6 is 22.6 Å². The molecule has 0 unspecified atom stereocenters. The van der Waals surface area contributed by atoms with Crippen LogP contribution < -0.4 is 15.4 Å². The van der Waals surface area contributed by atoms with Crippen molar-refractivity contribution in [2.24, 2.45) is 0 Å². The fraction of sp³-hybridized carbons (Fsp3) is 0.250. The van der Waals surface area contributed by atoms with E-state index in [9.17, 15) is 14.0 Å². The van der Waals surface area contributed by atoms with Gasteiger partial charge in [-0.3, -0.25) is 15.0 Å². The van der Waals surface area contributed by atoms with Crippen LogP contribution in [-0.2, 0) is 4.43 Å². The van der Waals surface area contributed by atoms with Crippen LogP contribution in [-0.4, -0.2) is 42.7 Å². The van der Waals surface area contributed by atoms with Crippen molar-refractivity contribution in [3.8, 4) is 5.75 Å². The fourth-order valence-electron chi connectivity index (χ4n) is 4.16. The summed E-state index contributed by atoms with van der Waals surface area (Å²) < 4.78 is 21.1. The second kappa shape index (κ2) is 12.2. The molecule has 3 aromatic carbocycles. The summed E-state index contributed by atoms with van der Waals surface area (Å²) in [6.07, 6.45) is 3.15. The predicted molar refractivity (Wildman–Crippen MR) is 152 cm³/mol. The molecule has 0 saturated carbocycles. The van der Waals surface area contributed by atoms with E-state index in [2.05, 4.69) is 33.2 Å². The molecule has 1 heterocycles. The number of hydrogen-bond acceptors (Lipinski definition) is 4. The largest absolute Gasteiger partial charge is 0.497 e. The minimum absolute atomic E-state index is 0.174. The molecule has 3 aromatic rings. The van der Waals surface area contributed by atoms with Gasteiger partial charge in [0.15, 0.2) is 0 Å². The average Bonchev–Trinajstić information content (AvgIpc) is 2.93. The molecule has 0 atom stereocenters. The van der Waals surface area contributed by atoms with Crippen LogP contribution in [0.1, 0.15) is 51.1 Å². The monoisotopic (exact) mass is 614 g/mol. The summed E-state index contributed by atoms with van der Waals surface area (Å²) in [6, 6.07) is 16.3. The lowest BCUT2D eigenvalue weighted by Gasteiger charge is -2.29. The van der Waals surface area contributed by atoms with Gasteiger partial charge in [-0.15, -0.1) is 0 Å². The highest BCUT2D eigenvalue weighted by molar-refractivity contribution is 14.1. The molecule has 4 rings (SSSR count). The number of hydrogen-bond donors (Lipinski definition) is 3. The zero-order valence-corrected chi connectivity index (χ0v) is 22.6. The Balaban J connectivity index is 1.53. The number of piperidine rings is 1. The number of amides is 2. The molecule has 3 N–H and O–H groups in total. The Morgan fingerprint density at radius 3 is 2.30 bits per heavy atom. The number of amidine groups is 1. The second-order valence-electron chi connectivity index (χ2n) is 8.74. The summed E-state index contributed by atoms with van der Waals surface area (Å²) in [5.41, 5.74) is 2.38. The summed E-state index contributed by atoms with van der Waals surface area (Å²) in [5, 5.41) is 13.9. The molecule has 2 amide bonds. The van der Waals surface area contributed by atoms with Crippen molar-refractivity contribution < 1.29 is 18.7 Å². The van der Waals surface area contributed by atoms with Crippen LogP contribution in [0.5, 0.6) is 5.75 Å². The summed E-state index contributed by atoms with van der Waals surface area (Å²) in [4.78, 5) is 28.0. The average molecular weight is 614 g/mol. The van der Waals surface area contributed by atoms with Crippen molar-refractivity contribution in [1.82, 2.24) is 4.90 Å². The minimum atomic E-state index is -0.730.